The Labute approximate surface area is 82.8 Å². The molecule has 0 radical (unpaired) electrons. The van der Waals surface area contributed by atoms with E-state index in [1.54, 1.807) is 16.9 Å². The molecule has 78 valence electrons. The van der Waals surface area contributed by atoms with Gasteiger partial charge in [0.25, 0.3) is 0 Å². The van der Waals surface area contributed by atoms with Crippen molar-refractivity contribution in [2.45, 2.75) is 18.9 Å². The molecule has 2 N–H and O–H groups in total. The minimum absolute atomic E-state index is 0.0799. The summed E-state index contributed by atoms with van der Waals surface area (Å²) in [5.41, 5.74) is 5.67. The number of anilines is 1. The lowest BCUT2D eigenvalue weighted by molar-refractivity contribution is 0.440. The molecule has 1 aliphatic heterocycles. The summed E-state index contributed by atoms with van der Waals surface area (Å²) in [6.45, 7) is 0. The third-order valence-electron chi connectivity index (χ3n) is 2.49. The Morgan fingerprint density at radius 3 is 2.93 bits per heavy atom. The lowest BCUT2D eigenvalue weighted by Gasteiger charge is -2.22. The topological polar surface area (TPSA) is 78.0 Å². The minimum Gasteiger partial charge on any atom is -0.384 e. The van der Waals surface area contributed by atoms with Crippen molar-refractivity contribution < 1.29 is 8.42 Å². The van der Waals surface area contributed by atoms with E-state index < -0.39 is 9.84 Å². The van der Waals surface area contributed by atoms with Crippen molar-refractivity contribution in [3.05, 3.63) is 12.3 Å². The van der Waals surface area contributed by atoms with Crippen LogP contribution in [-0.2, 0) is 9.84 Å². The van der Waals surface area contributed by atoms with Gasteiger partial charge in [-0.25, -0.2) is 13.1 Å². The van der Waals surface area contributed by atoms with E-state index in [-0.39, 0.29) is 11.8 Å². The first-order valence-corrected chi connectivity index (χ1v) is 6.40. The molecule has 1 aromatic heterocycles. The molecule has 1 unspecified atom stereocenters. The molecule has 1 aliphatic rings. The summed E-state index contributed by atoms with van der Waals surface area (Å²) in [7, 11) is -2.89. The van der Waals surface area contributed by atoms with Crippen molar-refractivity contribution in [3.63, 3.8) is 0 Å². The monoisotopic (exact) mass is 215 g/mol. The molecule has 14 heavy (non-hydrogen) atoms. The highest BCUT2D eigenvalue weighted by Crippen LogP contribution is 2.24. The Balaban J connectivity index is 2.24. The van der Waals surface area contributed by atoms with E-state index in [0.29, 0.717) is 18.0 Å². The normalized spacial score (nSPS) is 26.1. The second-order valence-electron chi connectivity index (χ2n) is 3.61. The number of nitrogens with two attached hydrogens (primary N) is 1. The van der Waals surface area contributed by atoms with Gasteiger partial charge in [0, 0.05) is 0 Å². The predicted octanol–water partition coefficient (Wildman–Crippen LogP) is 0.215. The van der Waals surface area contributed by atoms with Crippen molar-refractivity contribution >= 4 is 15.7 Å². The van der Waals surface area contributed by atoms with Gasteiger partial charge in [-0.05, 0) is 18.9 Å². The van der Waals surface area contributed by atoms with Gasteiger partial charge < -0.3 is 5.73 Å². The lowest BCUT2D eigenvalue weighted by atomic mass is 10.2. The SMILES string of the molecule is Nc1ccnn1C1CCCS(=O)(=O)C1. The van der Waals surface area contributed by atoms with Crippen LogP contribution in [0.5, 0.6) is 0 Å². The summed E-state index contributed by atoms with van der Waals surface area (Å²) >= 11 is 0. The molecule has 1 aromatic rings. The van der Waals surface area contributed by atoms with E-state index in [4.69, 9.17) is 5.73 Å². The van der Waals surface area contributed by atoms with Gasteiger partial charge in [0.05, 0.1) is 23.7 Å². The van der Waals surface area contributed by atoms with Gasteiger partial charge in [-0.15, -0.1) is 0 Å². The first kappa shape index (κ1) is 9.51. The first-order valence-electron chi connectivity index (χ1n) is 4.58. The maximum absolute atomic E-state index is 11.4. The van der Waals surface area contributed by atoms with E-state index in [0.717, 1.165) is 6.42 Å². The molecule has 5 nitrogen and oxygen atoms in total. The molecule has 2 heterocycles. The van der Waals surface area contributed by atoms with Gasteiger partial charge in [-0.3, -0.25) is 0 Å². The second kappa shape index (κ2) is 3.27. The van der Waals surface area contributed by atoms with Crippen LogP contribution in [0.25, 0.3) is 0 Å². The van der Waals surface area contributed by atoms with Crippen molar-refractivity contribution in [1.29, 1.82) is 0 Å². The fourth-order valence-corrected chi connectivity index (χ4v) is 3.49. The zero-order valence-electron chi connectivity index (χ0n) is 7.76. The average Bonchev–Trinajstić information content (AvgIpc) is 2.49. The van der Waals surface area contributed by atoms with E-state index in [9.17, 15) is 8.42 Å². The molecule has 0 spiro atoms. The Kier molecular flexibility index (Phi) is 2.22. The minimum atomic E-state index is -2.89. The maximum atomic E-state index is 11.4. The number of nitrogen functional groups attached to an aromatic ring is 1. The van der Waals surface area contributed by atoms with Crippen LogP contribution in [0.4, 0.5) is 5.82 Å². The van der Waals surface area contributed by atoms with Crippen molar-refractivity contribution in [3.8, 4) is 0 Å². The van der Waals surface area contributed by atoms with E-state index in [1.807, 2.05) is 0 Å². The third-order valence-corrected chi connectivity index (χ3v) is 4.29. The molecule has 1 fully saturated rings. The molecule has 0 bridgehead atoms. The highest BCUT2D eigenvalue weighted by molar-refractivity contribution is 7.91. The van der Waals surface area contributed by atoms with Gasteiger partial charge in [0.15, 0.2) is 9.84 Å². The smallest absolute Gasteiger partial charge is 0.152 e. The van der Waals surface area contributed by atoms with Gasteiger partial charge in [-0.1, -0.05) is 0 Å². The number of sulfone groups is 1. The maximum Gasteiger partial charge on any atom is 0.152 e. The number of hydrogen-bond donors (Lipinski definition) is 1. The first-order chi connectivity index (χ1) is 6.58. The Morgan fingerprint density at radius 1 is 1.57 bits per heavy atom. The average molecular weight is 215 g/mol. The lowest BCUT2D eigenvalue weighted by Crippen LogP contribution is -2.28. The second-order valence-corrected chi connectivity index (χ2v) is 5.84. The molecule has 1 atom stereocenters. The number of aromatic nitrogens is 2. The Hall–Kier alpha value is -1.04. The third kappa shape index (κ3) is 1.75. The largest absolute Gasteiger partial charge is 0.384 e. The van der Waals surface area contributed by atoms with Crippen LogP contribution < -0.4 is 5.73 Å². The standard InChI is InChI=1S/C8H13N3O2S/c9-8-3-4-10-11(8)7-2-1-5-14(12,13)6-7/h3-4,7H,1-2,5-6,9H2. The molecule has 1 saturated heterocycles. The molecule has 0 aliphatic carbocycles. The van der Waals surface area contributed by atoms with Gasteiger partial charge in [0.2, 0.25) is 0 Å². The van der Waals surface area contributed by atoms with Gasteiger partial charge in [-0.2, -0.15) is 5.10 Å². The molecule has 6 heteroatoms. The summed E-state index contributed by atoms with van der Waals surface area (Å²) in [5, 5.41) is 4.03. The summed E-state index contributed by atoms with van der Waals surface area (Å²) in [4.78, 5) is 0. The van der Waals surface area contributed by atoms with Gasteiger partial charge >= 0.3 is 0 Å². The molecule has 0 amide bonds. The fourth-order valence-electron chi connectivity index (χ4n) is 1.82. The number of nitrogens with zero attached hydrogens (tertiary/aromatic N) is 2. The fraction of sp³-hybridized carbons (Fsp3) is 0.625. The summed E-state index contributed by atoms with van der Waals surface area (Å²) in [6, 6.07) is 1.60. The Bertz CT molecular complexity index is 424. The van der Waals surface area contributed by atoms with Crippen LogP contribution in [-0.4, -0.2) is 29.7 Å². The number of hydrogen-bond acceptors (Lipinski definition) is 4. The molecule has 2 rings (SSSR count). The summed E-state index contributed by atoms with van der Waals surface area (Å²) < 4.78 is 24.4. The highest BCUT2D eigenvalue weighted by Gasteiger charge is 2.27. The van der Waals surface area contributed by atoms with Crippen LogP contribution in [0.2, 0.25) is 0 Å². The zero-order valence-corrected chi connectivity index (χ0v) is 8.57. The quantitative estimate of drug-likeness (QED) is 0.726. The van der Waals surface area contributed by atoms with E-state index in [1.165, 1.54) is 0 Å². The van der Waals surface area contributed by atoms with Crippen LogP contribution in [0.15, 0.2) is 12.3 Å². The predicted molar refractivity (Wildman–Crippen MR) is 53.6 cm³/mol. The van der Waals surface area contributed by atoms with Crippen LogP contribution in [0.1, 0.15) is 18.9 Å². The van der Waals surface area contributed by atoms with E-state index >= 15 is 0 Å². The number of rotatable bonds is 1. The zero-order chi connectivity index (χ0) is 10.2. The van der Waals surface area contributed by atoms with E-state index in [2.05, 4.69) is 5.10 Å². The summed E-state index contributed by atoms with van der Waals surface area (Å²) in [5.74, 6) is 0.996. The molecular weight excluding hydrogens is 202 g/mol. The highest BCUT2D eigenvalue weighted by atomic mass is 32.2. The van der Waals surface area contributed by atoms with Crippen molar-refractivity contribution in [1.82, 2.24) is 9.78 Å². The molecule has 0 saturated carbocycles. The van der Waals surface area contributed by atoms with Crippen LogP contribution in [0, 0.1) is 0 Å². The van der Waals surface area contributed by atoms with Crippen LogP contribution >= 0.6 is 0 Å². The Morgan fingerprint density at radius 2 is 2.36 bits per heavy atom. The summed E-state index contributed by atoms with van der Waals surface area (Å²) in [6.07, 6.45) is 3.13. The van der Waals surface area contributed by atoms with Gasteiger partial charge in [0.1, 0.15) is 5.82 Å². The molecule has 0 aromatic carbocycles. The van der Waals surface area contributed by atoms with Crippen molar-refractivity contribution in [2.24, 2.45) is 0 Å². The van der Waals surface area contributed by atoms with Crippen LogP contribution in [0.3, 0.4) is 0 Å². The molecular formula is C8H13N3O2S. The van der Waals surface area contributed by atoms with Crippen molar-refractivity contribution in [2.75, 3.05) is 17.2 Å².